The van der Waals surface area contributed by atoms with Gasteiger partial charge < -0.3 is 5.73 Å². The first-order valence-corrected chi connectivity index (χ1v) is 3.68. The fourth-order valence-corrected chi connectivity index (χ4v) is 1.10. The van der Waals surface area contributed by atoms with Crippen molar-refractivity contribution in [2.24, 2.45) is 0 Å². The van der Waals surface area contributed by atoms with Gasteiger partial charge in [-0.05, 0) is 22.4 Å². The Morgan fingerprint density at radius 3 is 2.71 bits per heavy atom. The van der Waals surface area contributed by atoms with Crippen molar-refractivity contribution >= 4 is 22.6 Å². The lowest BCUT2D eigenvalue weighted by molar-refractivity contribution is 0.0707. The number of carbonyl (C=O) groups is 1. The molecule has 0 spiro atoms. The molecule has 0 unspecified atom stereocenters. The van der Waals surface area contributed by atoms with Gasteiger partial charge in [-0.2, -0.15) is 0 Å². The number of nitrogen functional groups attached to an aromatic ring is 1. The lowest BCUT2D eigenvalue weighted by atomic mass is 10.1. The van der Waals surface area contributed by atoms with Crippen LogP contribution in [0.1, 0.15) is 10.4 Å². The van der Waals surface area contributed by atoms with E-state index in [-0.39, 0.29) is 11.3 Å². The van der Waals surface area contributed by atoms with Crippen LogP contribution in [-0.4, -0.2) is 21.4 Å². The third-order valence-corrected chi connectivity index (χ3v) is 1.77. The van der Waals surface area contributed by atoms with E-state index in [1.54, 1.807) is 0 Å². The van der Waals surface area contributed by atoms with Gasteiger partial charge in [-0.25, -0.2) is 10.1 Å². The first-order chi connectivity index (χ1) is 6.72. The van der Waals surface area contributed by atoms with Gasteiger partial charge in [0.05, 0.1) is 5.56 Å². The van der Waals surface area contributed by atoms with Gasteiger partial charge in [0.15, 0.2) is 0 Å². The molecule has 7 nitrogen and oxygen atoms in total. The van der Waals surface area contributed by atoms with Crippen LogP contribution < -0.4 is 11.2 Å². The predicted octanol–water partition coefficient (Wildman–Crippen LogP) is -0.0760. The molecule has 1 amide bonds. The van der Waals surface area contributed by atoms with E-state index in [4.69, 9.17) is 10.9 Å². The number of anilines is 1. The van der Waals surface area contributed by atoms with E-state index >= 15 is 0 Å². The number of fused-ring (bicyclic) bond motifs is 1. The van der Waals surface area contributed by atoms with Crippen LogP contribution in [0, 0.1) is 0 Å². The number of hydrogen-bond donors (Lipinski definition) is 3. The van der Waals surface area contributed by atoms with Gasteiger partial charge in [-0.3, -0.25) is 10.0 Å². The van der Waals surface area contributed by atoms with Gasteiger partial charge in [0.1, 0.15) is 11.0 Å². The summed E-state index contributed by atoms with van der Waals surface area (Å²) >= 11 is 0. The number of benzene rings is 1. The number of nitrogens with one attached hydrogen (secondary N) is 1. The molecule has 2 rings (SSSR count). The number of rotatable bonds is 1. The molecule has 72 valence electrons. The van der Waals surface area contributed by atoms with Crippen LogP contribution in [0.3, 0.4) is 0 Å². The van der Waals surface area contributed by atoms with Crippen LogP contribution in [0.4, 0.5) is 5.69 Å². The summed E-state index contributed by atoms with van der Waals surface area (Å²) in [6, 6.07) is 2.82. The Hall–Kier alpha value is -2.15. The first kappa shape index (κ1) is 8.45. The normalized spacial score (nSPS) is 10.4. The average molecular weight is 194 g/mol. The Bertz CT molecular complexity index is 493. The van der Waals surface area contributed by atoms with Crippen molar-refractivity contribution in [3.8, 4) is 0 Å². The zero-order valence-corrected chi connectivity index (χ0v) is 6.89. The molecular formula is C7H6N4O3. The smallest absolute Gasteiger partial charge is 0.276 e. The molecule has 14 heavy (non-hydrogen) atoms. The highest BCUT2D eigenvalue weighted by Crippen LogP contribution is 2.18. The van der Waals surface area contributed by atoms with Crippen LogP contribution in [0.2, 0.25) is 0 Å². The maximum absolute atomic E-state index is 11.1. The van der Waals surface area contributed by atoms with Gasteiger partial charge in [-0.15, -0.1) is 0 Å². The van der Waals surface area contributed by atoms with E-state index in [2.05, 4.69) is 14.9 Å². The maximum atomic E-state index is 11.1. The molecule has 0 fully saturated rings. The van der Waals surface area contributed by atoms with Gasteiger partial charge in [0.2, 0.25) is 0 Å². The van der Waals surface area contributed by atoms with Gasteiger partial charge in [0.25, 0.3) is 5.91 Å². The van der Waals surface area contributed by atoms with Crippen LogP contribution >= 0.6 is 0 Å². The van der Waals surface area contributed by atoms with E-state index < -0.39 is 5.91 Å². The van der Waals surface area contributed by atoms with Crippen molar-refractivity contribution in [3.05, 3.63) is 17.7 Å². The zero-order chi connectivity index (χ0) is 10.1. The predicted molar refractivity (Wildman–Crippen MR) is 45.5 cm³/mol. The zero-order valence-electron chi connectivity index (χ0n) is 6.89. The van der Waals surface area contributed by atoms with Crippen molar-refractivity contribution in [3.63, 3.8) is 0 Å². The van der Waals surface area contributed by atoms with Crippen molar-refractivity contribution < 1.29 is 14.6 Å². The largest absolute Gasteiger partial charge is 0.398 e. The summed E-state index contributed by atoms with van der Waals surface area (Å²) in [5.74, 6) is -0.701. The average Bonchev–Trinajstić information content (AvgIpc) is 2.62. The molecule has 0 aliphatic carbocycles. The third kappa shape index (κ3) is 1.15. The summed E-state index contributed by atoms with van der Waals surface area (Å²) in [5, 5.41) is 15.5. The topological polar surface area (TPSA) is 114 Å². The fraction of sp³-hybridized carbons (Fsp3) is 0. The highest BCUT2D eigenvalue weighted by atomic mass is 16.6. The third-order valence-electron chi connectivity index (χ3n) is 1.77. The highest BCUT2D eigenvalue weighted by molar-refractivity contribution is 6.01. The molecular weight excluding hydrogens is 188 g/mol. The van der Waals surface area contributed by atoms with E-state index in [0.29, 0.717) is 11.0 Å². The quantitative estimate of drug-likeness (QED) is 0.332. The van der Waals surface area contributed by atoms with Crippen LogP contribution in [0.5, 0.6) is 0 Å². The standard InChI is InChI=1S/C7H6N4O3/c8-4-2-6-5(10-14-11-6)1-3(4)7(12)9-13/h1-2,13H,8H2,(H,9,12). The van der Waals surface area contributed by atoms with Crippen LogP contribution in [0.15, 0.2) is 16.8 Å². The molecule has 2 aromatic rings. The number of carbonyl (C=O) groups excluding carboxylic acids is 1. The van der Waals surface area contributed by atoms with Crippen molar-refractivity contribution in [2.45, 2.75) is 0 Å². The molecule has 0 saturated heterocycles. The second-order valence-corrected chi connectivity index (χ2v) is 2.63. The second-order valence-electron chi connectivity index (χ2n) is 2.63. The van der Waals surface area contributed by atoms with Crippen molar-refractivity contribution in [1.82, 2.24) is 15.8 Å². The Kier molecular flexibility index (Phi) is 1.79. The number of hydrogen-bond acceptors (Lipinski definition) is 6. The number of hydroxylamine groups is 1. The molecule has 4 N–H and O–H groups in total. The lowest BCUT2D eigenvalue weighted by Gasteiger charge is -2.01. The molecule has 7 heteroatoms. The van der Waals surface area contributed by atoms with Crippen LogP contribution in [-0.2, 0) is 0 Å². The minimum Gasteiger partial charge on any atom is -0.398 e. The van der Waals surface area contributed by atoms with Crippen molar-refractivity contribution in [1.29, 1.82) is 0 Å². The van der Waals surface area contributed by atoms with Gasteiger partial charge in [-0.1, -0.05) is 0 Å². The minimum atomic E-state index is -0.701. The molecule has 0 bridgehead atoms. The lowest BCUT2D eigenvalue weighted by Crippen LogP contribution is -2.19. The SMILES string of the molecule is Nc1cc2nonc2cc1C(=O)NO. The second kappa shape index (κ2) is 2.96. The number of aromatic nitrogens is 2. The maximum Gasteiger partial charge on any atom is 0.276 e. The fourth-order valence-electron chi connectivity index (χ4n) is 1.10. The summed E-state index contributed by atoms with van der Waals surface area (Å²) in [6.45, 7) is 0. The van der Waals surface area contributed by atoms with Gasteiger partial charge in [0, 0.05) is 5.69 Å². The Morgan fingerprint density at radius 1 is 1.43 bits per heavy atom. The molecule has 0 atom stereocenters. The summed E-state index contributed by atoms with van der Waals surface area (Å²) in [4.78, 5) is 11.1. The Morgan fingerprint density at radius 2 is 2.07 bits per heavy atom. The summed E-state index contributed by atoms with van der Waals surface area (Å²) in [7, 11) is 0. The Labute approximate surface area is 77.4 Å². The van der Waals surface area contributed by atoms with E-state index in [1.165, 1.54) is 17.6 Å². The summed E-state index contributed by atoms with van der Waals surface area (Å²) in [6.07, 6.45) is 0. The molecule has 1 heterocycles. The minimum absolute atomic E-state index is 0.121. The van der Waals surface area contributed by atoms with Crippen molar-refractivity contribution in [2.75, 3.05) is 5.73 Å². The number of amides is 1. The molecule has 0 saturated carbocycles. The summed E-state index contributed by atoms with van der Waals surface area (Å²) in [5.41, 5.74) is 8.19. The molecule has 1 aromatic heterocycles. The summed E-state index contributed by atoms with van der Waals surface area (Å²) < 4.78 is 4.44. The first-order valence-electron chi connectivity index (χ1n) is 3.68. The number of nitrogens with two attached hydrogens (primary N) is 1. The van der Waals surface area contributed by atoms with E-state index in [0.717, 1.165) is 0 Å². The molecule has 1 aromatic carbocycles. The highest BCUT2D eigenvalue weighted by Gasteiger charge is 2.12. The van der Waals surface area contributed by atoms with Gasteiger partial charge >= 0.3 is 0 Å². The molecule has 0 radical (unpaired) electrons. The number of nitrogens with zero attached hydrogens (tertiary/aromatic N) is 2. The van der Waals surface area contributed by atoms with E-state index in [9.17, 15) is 4.79 Å². The monoisotopic (exact) mass is 194 g/mol. The Balaban J connectivity index is 2.64. The van der Waals surface area contributed by atoms with E-state index in [1.807, 2.05) is 0 Å². The molecule has 0 aliphatic rings. The van der Waals surface area contributed by atoms with Crippen LogP contribution in [0.25, 0.3) is 11.0 Å². The molecule has 0 aliphatic heterocycles.